The Morgan fingerprint density at radius 2 is 2.04 bits per heavy atom. The van der Waals surface area contributed by atoms with E-state index in [-0.39, 0.29) is 24.1 Å². The average Bonchev–Trinajstić information content (AvgIpc) is 3.28. The first-order chi connectivity index (χ1) is 12.6. The third-order valence-electron chi connectivity index (χ3n) is 4.43. The second-order valence-electron chi connectivity index (χ2n) is 5.95. The van der Waals surface area contributed by atoms with Crippen LogP contribution >= 0.6 is 0 Å². The third kappa shape index (κ3) is 2.53. The molecular formula is C17H15FN6O2. The molecule has 1 aliphatic rings. The Bertz CT molecular complexity index is 991. The number of nitrogens with zero attached hydrogens (tertiary/aromatic N) is 2. The Kier molecular flexibility index (Phi) is 3.76. The molecule has 0 aliphatic carbocycles. The van der Waals surface area contributed by atoms with Gasteiger partial charge in [-0.05, 0) is 24.3 Å². The van der Waals surface area contributed by atoms with Gasteiger partial charge >= 0.3 is 0 Å². The number of amides is 2. The Balaban J connectivity index is 1.84. The maximum absolute atomic E-state index is 13.2. The number of hydrogen-bond acceptors (Lipinski definition) is 4. The standard InChI is InChI=1S/C17H15FN6O2/c1-19-17(26)15-13-10(6-12(25)21-16(13)24-23-15)11-7-20-22-14(11)8-2-4-9(18)5-3-8/h2-5,7,10H,6H2,1H3,(H,19,26)(H,20,22)(H2,21,23,24,25)/t10-/m0/s1. The van der Waals surface area contributed by atoms with Crippen LogP contribution < -0.4 is 10.6 Å². The minimum absolute atomic E-state index is 0.143. The molecule has 0 saturated heterocycles. The lowest BCUT2D eigenvalue weighted by atomic mass is 9.84. The number of rotatable bonds is 3. The largest absolute Gasteiger partial charge is 0.354 e. The van der Waals surface area contributed by atoms with Crippen LogP contribution in [0.15, 0.2) is 30.5 Å². The van der Waals surface area contributed by atoms with Crippen LogP contribution in [0.5, 0.6) is 0 Å². The van der Waals surface area contributed by atoms with Crippen molar-refractivity contribution in [3.8, 4) is 11.3 Å². The molecule has 0 unspecified atom stereocenters. The number of nitrogens with one attached hydrogen (secondary N) is 4. The number of fused-ring (bicyclic) bond motifs is 1. The maximum Gasteiger partial charge on any atom is 0.269 e. The fourth-order valence-electron chi connectivity index (χ4n) is 3.23. The molecule has 132 valence electrons. The lowest BCUT2D eigenvalue weighted by molar-refractivity contribution is -0.116. The predicted octanol–water partition coefficient (Wildman–Crippen LogP) is 1.77. The van der Waals surface area contributed by atoms with E-state index >= 15 is 0 Å². The zero-order chi connectivity index (χ0) is 18.3. The SMILES string of the molecule is CNC(=O)c1[nH]nc2c1[C@H](c1cn[nH]c1-c1ccc(F)cc1)CC(=O)N2. The molecule has 0 fully saturated rings. The van der Waals surface area contributed by atoms with Crippen LogP contribution in [0.2, 0.25) is 0 Å². The van der Waals surface area contributed by atoms with Crippen molar-refractivity contribution >= 4 is 17.6 Å². The van der Waals surface area contributed by atoms with Gasteiger partial charge in [0.15, 0.2) is 5.82 Å². The smallest absolute Gasteiger partial charge is 0.269 e. The summed E-state index contributed by atoms with van der Waals surface area (Å²) >= 11 is 0. The van der Waals surface area contributed by atoms with Crippen LogP contribution in [-0.2, 0) is 4.79 Å². The number of carbonyl (C=O) groups is 2. The first-order valence-corrected chi connectivity index (χ1v) is 7.98. The highest BCUT2D eigenvalue weighted by atomic mass is 19.1. The average molecular weight is 354 g/mol. The van der Waals surface area contributed by atoms with Crippen molar-refractivity contribution in [2.45, 2.75) is 12.3 Å². The van der Waals surface area contributed by atoms with E-state index < -0.39 is 5.92 Å². The predicted molar refractivity (Wildman–Crippen MR) is 91.0 cm³/mol. The molecule has 1 atom stereocenters. The Hall–Kier alpha value is -3.49. The fraction of sp³-hybridized carbons (Fsp3) is 0.176. The molecule has 0 bridgehead atoms. The van der Waals surface area contributed by atoms with Crippen molar-refractivity contribution in [1.29, 1.82) is 0 Å². The van der Waals surface area contributed by atoms with Crippen LogP contribution in [0.25, 0.3) is 11.3 Å². The molecule has 2 amide bonds. The Labute approximate surface area is 147 Å². The van der Waals surface area contributed by atoms with Gasteiger partial charge in [-0.2, -0.15) is 10.2 Å². The molecule has 0 spiro atoms. The van der Waals surface area contributed by atoms with Crippen molar-refractivity contribution in [2.24, 2.45) is 0 Å². The van der Waals surface area contributed by atoms with Gasteiger partial charge in [-0.1, -0.05) is 0 Å². The summed E-state index contributed by atoms with van der Waals surface area (Å²) in [4.78, 5) is 24.3. The number of aromatic nitrogens is 4. The second-order valence-corrected chi connectivity index (χ2v) is 5.95. The van der Waals surface area contributed by atoms with E-state index in [0.29, 0.717) is 22.8 Å². The highest BCUT2D eigenvalue weighted by Crippen LogP contribution is 2.41. The molecule has 4 N–H and O–H groups in total. The molecule has 0 saturated carbocycles. The van der Waals surface area contributed by atoms with E-state index in [1.54, 1.807) is 18.3 Å². The molecule has 0 radical (unpaired) electrons. The third-order valence-corrected chi connectivity index (χ3v) is 4.43. The van der Waals surface area contributed by atoms with E-state index in [4.69, 9.17) is 0 Å². The first kappa shape index (κ1) is 16.0. The van der Waals surface area contributed by atoms with Gasteiger partial charge in [0.25, 0.3) is 5.91 Å². The summed E-state index contributed by atoms with van der Waals surface area (Å²) in [7, 11) is 1.52. The molecule has 4 rings (SSSR count). The number of hydrogen-bond donors (Lipinski definition) is 4. The molecule has 1 aliphatic heterocycles. The van der Waals surface area contributed by atoms with Gasteiger partial charge < -0.3 is 10.6 Å². The number of benzene rings is 1. The minimum Gasteiger partial charge on any atom is -0.354 e. The summed E-state index contributed by atoms with van der Waals surface area (Å²) in [5.41, 5.74) is 3.03. The van der Waals surface area contributed by atoms with Gasteiger partial charge in [0.05, 0.1) is 11.9 Å². The minimum atomic E-state index is -0.413. The number of halogens is 1. The van der Waals surface area contributed by atoms with Crippen LogP contribution in [0.4, 0.5) is 10.2 Å². The quantitative estimate of drug-likeness (QED) is 0.574. The molecule has 3 aromatic rings. The summed E-state index contributed by atoms with van der Waals surface area (Å²) in [5, 5.41) is 19.0. The molecule has 8 nitrogen and oxygen atoms in total. The Morgan fingerprint density at radius 1 is 1.27 bits per heavy atom. The summed E-state index contributed by atoms with van der Waals surface area (Å²) in [5.74, 6) is -0.957. The Morgan fingerprint density at radius 3 is 2.77 bits per heavy atom. The van der Waals surface area contributed by atoms with Crippen LogP contribution in [-0.4, -0.2) is 39.3 Å². The number of aromatic amines is 2. The van der Waals surface area contributed by atoms with Gasteiger partial charge in [0, 0.05) is 36.1 Å². The van der Waals surface area contributed by atoms with Crippen LogP contribution in [0.3, 0.4) is 0 Å². The molecule has 2 aromatic heterocycles. The molecule has 1 aromatic carbocycles. The van der Waals surface area contributed by atoms with E-state index in [2.05, 4.69) is 31.0 Å². The van der Waals surface area contributed by atoms with E-state index in [9.17, 15) is 14.0 Å². The van der Waals surface area contributed by atoms with Crippen LogP contribution in [0, 0.1) is 5.82 Å². The molecule has 26 heavy (non-hydrogen) atoms. The fourth-order valence-corrected chi connectivity index (χ4v) is 3.23. The van der Waals surface area contributed by atoms with E-state index in [0.717, 1.165) is 11.1 Å². The van der Waals surface area contributed by atoms with Gasteiger partial charge in [-0.3, -0.25) is 19.8 Å². The van der Waals surface area contributed by atoms with Crippen molar-refractivity contribution < 1.29 is 14.0 Å². The van der Waals surface area contributed by atoms with Gasteiger partial charge in [0.2, 0.25) is 5.91 Å². The zero-order valence-corrected chi connectivity index (χ0v) is 13.8. The summed E-state index contributed by atoms with van der Waals surface area (Å²) in [6, 6.07) is 5.97. The number of anilines is 1. The monoisotopic (exact) mass is 354 g/mol. The summed E-state index contributed by atoms with van der Waals surface area (Å²) in [6.45, 7) is 0. The van der Waals surface area contributed by atoms with Gasteiger partial charge in [-0.15, -0.1) is 0 Å². The molecule has 9 heteroatoms. The van der Waals surface area contributed by atoms with E-state index in [1.165, 1.54) is 19.2 Å². The normalized spacial score (nSPS) is 16.1. The highest BCUT2D eigenvalue weighted by Gasteiger charge is 2.35. The maximum atomic E-state index is 13.2. The molecule has 3 heterocycles. The first-order valence-electron chi connectivity index (χ1n) is 7.98. The second kappa shape index (κ2) is 6.10. The lowest BCUT2D eigenvalue weighted by Gasteiger charge is -2.23. The van der Waals surface area contributed by atoms with Crippen molar-refractivity contribution in [3.63, 3.8) is 0 Å². The van der Waals surface area contributed by atoms with Crippen molar-refractivity contribution in [2.75, 3.05) is 12.4 Å². The molecular weight excluding hydrogens is 339 g/mol. The van der Waals surface area contributed by atoms with E-state index in [1.807, 2.05) is 0 Å². The number of H-pyrrole nitrogens is 2. The zero-order valence-electron chi connectivity index (χ0n) is 13.8. The van der Waals surface area contributed by atoms with Crippen molar-refractivity contribution in [1.82, 2.24) is 25.7 Å². The van der Waals surface area contributed by atoms with Crippen LogP contribution in [0.1, 0.15) is 34.0 Å². The number of carbonyl (C=O) groups excluding carboxylic acids is 2. The van der Waals surface area contributed by atoms with Gasteiger partial charge in [0.1, 0.15) is 11.5 Å². The highest BCUT2D eigenvalue weighted by molar-refractivity contribution is 6.00. The lowest BCUT2D eigenvalue weighted by Crippen LogP contribution is -2.26. The summed E-state index contributed by atoms with van der Waals surface area (Å²) < 4.78 is 13.2. The van der Waals surface area contributed by atoms with Gasteiger partial charge in [-0.25, -0.2) is 4.39 Å². The van der Waals surface area contributed by atoms with Crippen molar-refractivity contribution in [3.05, 3.63) is 53.1 Å². The topological polar surface area (TPSA) is 116 Å². The summed E-state index contributed by atoms with van der Waals surface area (Å²) in [6.07, 6.45) is 1.76.